The molecule has 2 heterocycles. The van der Waals surface area contributed by atoms with E-state index in [1.54, 1.807) is 28.8 Å². The number of halogens is 3. The number of ether oxygens (including phenoxy) is 1. The van der Waals surface area contributed by atoms with Crippen molar-refractivity contribution in [3.05, 3.63) is 89.8 Å². The fourth-order valence-electron chi connectivity index (χ4n) is 3.43. The summed E-state index contributed by atoms with van der Waals surface area (Å²) < 4.78 is 8.53. The number of rotatable bonds is 7. The largest absolute Gasteiger partial charge is 0.465 e. The molecule has 1 unspecified atom stereocenters. The lowest BCUT2D eigenvalue weighted by Gasteiger charge is -2.14. The number of imidazole rings is 1. The van der Waals surface area contributed by atoms with Gasteiger partial charge in [-0.05, 0) is 29.8 Å². The van der Waals surface area contributed by atoms with Gasteiger partial charge in [-0.2, -0.15) is 0 Å². The van der Waals surface area contributed by atoms with Crippen LogP contribution in [0, 0.1) is 0 Å². The third-order valence-corrected chi connectivity index (χ3v) is 6.11. The lowest BCUT2D eigenvalue weighted by molar-refractivity contribution is -0.0230. The topological polar surface area (TPSA) is 102 Å². The van der Waals surface area contributed by atoms with Crippen molar-refractivity contribution in [2.45, 2.75) is 25.7 Å². The molecule has 0 aliphatic heterocycles. The van der Waals surface area contributed by atoms with Crippen molar-refractivity contribution in [1.82, 2.24) is 19.1 Å². The number of nitrogens with one attached hydrogen (secondary N) is 1. The molecule has 0 fully saturated rings. The number of hydrogen-bond donors (Lipinski definition) is 2. The Morgan fingerprint density at radius 3 is 2.52 bits per heavy atom. The molecule has 0 aliphatic rings. The number of fused-ring (bicyclic) bond motifs is 1. The summed E-state index contributed by atoms with van der Waals surface area (Å²) in [6.07, 6.45) is -0.706. The Morgan fingerprint density at radius 1 is 1.09 bits per heavy atom. The van der Waals surface area contributed by atoms with Gasteiger partial charge in [0.25, 0.3) is 5.56 Å². The monoisotopic (exact) mass is 508 g/mol. The van der Waals surface area contributed by atoms with E-state index < -0.39 is 17.5 Å². The van der Waals surface area contributed by atoms with Crippen LogP contribution in [0.5, 0.6) is 5.75 Å². The second-order valence-electron chi connectivity index (χ2n) is 7.42. The maximum Gasteiger partial charge on any atom is 0.329 e. The predicted molar refractivity (Wildman–Crippen MR) is 128 cm³/mol. The molecule has 0 spiro atoms. The highest BCUT2D eigenvalue weighted by atomic mass is 35.5. The Balaban J connectivity index is 1.64. The number of aromatic nitrogens is 4. The molecule has 2 aromatic heterocycles. The fraction of sp³-hybridized carbons (Fsp3) is 0.227. The molecule has 0 saturated heterocycles. The normalized spacial score (nSPS) is 12.3. The number of aliphatic hydroxyl groups excluding tert-OH is 1. The smallest absolute Gasteiger partial charge is 0.329 e. The highest BCUT2D eigenvalue weighted by molar-refractivity contribution is 6.42. The molecule has 0 bridgehead atoms. The molecule has 0 amide bonds. The zero-order valence-corrected chi connectivity index (χ0v) is 19.7. The molecule has 1 atom stereocenters. The molecule has 172 valence electrons. The van der Waals surface area contributed by atoms with Crippen LogP contribution in [-0.4, -0.2) is 30.5 Å². The van der Waals surface area contributed by atoms with Crippen LogP contribution in [0.4, 0.5) is 0 Å². The number of aryl methyl sites for hydroxylation is 2. The van der Waals surface area contributed by atoms with Gasteiger partial charge in [0, 0.05) is 37.5 Å². The summed E-state index contributed by atoms with van der Waals surface area (Å²) in [6, 6.07) is 11.9. The summed E-state index contributed by atoms with van der Waals surface area (Å²) in [7, 11) is 1.53. The van der Waals surface area contributed by atoms with Gasteiger partial charge in [-0.3, -0.25) is 14.3 Å². The summed E-state index contributed by atoms with van der Waals surface area (Å²) in [4.78, 5) is 31.5. The lowest BCUT2D eigenvalue weighted by Crippen LogP contribution is -2.29. The standard InChI is InChI=1S/C22H19Cl3N4O4/c1-28-20-19(21(31)27-22(28)32)29(11-12-2-4-13(23)5-3-12)17(26-20)8-9-18(30)33-14-6-7-15(24)16(25)10-14/h2-7,10,18,30H,8-9,11H2,1H3,(H,27,31,32). The third kappa shape index (κ3) is 5.09. The molecule has 0 radical (unpaired) electrons. The molecule has 4 aromatic rings. The van der Waals surface area contributed by atoms with Crippen LogP contribution in [0.25, 0.3) is 11.2 Å². The second-order valence-corrected chi connectivity index (χ2v) is 8.67. The SMILES string of the molecule is Cn1c(=O)[nH]c(=O)c2c1nc(CCC(O)Oc1ccc(Cl)c(Cl)c1)n2Cc1ccc(Cl)cc1. The van der Waals surface area contributed by atoms with Crippen molar-refractivity contribution >= 4 is 46.0 Å². The van der Waals surface area contributed by atoms with Gasteiger partial charge in [0.05, 0.1) is 10.0 Å². The number of hydrogen-bond acceptors (Lipinski definition) is 5. The first-order valence-electron chi connectivity index (χ1n) is 9.95. The van der Waals surface area contributed by atoms with Crippen LogP contribution in [0.15, 0.2) is 52.1 Å². The Kier molecular flexibility index (Phi) is 6.81. The van der Waals surface area contributed by atoms with Crippen LogP contribution < -0.4 is 16.0 Å². The Hall–Kier alpha value is -2.78. The molecule has 8 nitrogen and oxygen atoms in total. The van der Waals surface area contributed by atoms with E-state index >= 15 is 0 Å². The molecule has 0 saturated carbocycles. The zero-order valence-electron chi connectivity index (χ0n) is 17.4. The molecule has 33 heavy (non-hydrogen) atoms. The second kappa shape index (κ2) is 9.61. The van der Waals surface area contributed by atoms with Crippen molar-refractivity contribution in [2.75, 3.05) is 0 Å². The summed E-state index contributed by atoms with van der Waals surface area (Å²) in [5.41, 5.74) is 0.321. The molecule has 11 heteroatoms. The van der Waals surface area contributed by atoms with Crippen molar-refractivity contribution in [3.8, 4) is 5.75 Å². The maximum absolute atomic E-state index is 12.6. The molecular formula is C22H19Cl3N4O4. The van der Waals surface area contributed by atoms with Gasteiger partial charge >= 0.3 is 5.69 Å². The predicted octanol–water partition coefficient (Wildman–Crippen LogP) is 3.76. The van der Waals surface area contributed by atoms with Crippen molar-refractivity contribution in [2.24, 2.45) is 7.05 Å². The van der Waals surface area contributed by atoms with Crippen LogP contribution in [-0.2, 0) is 20.0 Å². The Bertz CT molecular complexity index is 1430. The Labute approximate surface area is 202 Å². The highest BCUT2D eigenvalue weighted by Crippen LogP contribution is 2.27. The van der Waals surface area contributed by atoms with Gasteiger partial charge in [-0.15, -0.1) is 0 Å². The van der Waals surface area contributed by atoms with E-state index in [0.29, 0.717) is 33.2 Å². The van der Waals surface area contributed by atoms with Gasteiger partial charge in [-0.25, -0.2) is 9.78 Å². The minimum atomic E-state index is -1.16. The quantitative estimate of drug-likeness (QED) is 0.369. The van der Waals surface area contributed by atoms with Gasteiger partial charge in [0.15, 0.2) is 17.5 Å². The lowest BCUT2D eigenvalue weighted by atomic mass is 10.2. The van der Waals surface area contributed by atoms with E-state index in [2.05, 4.69) is 9.97 Å². The van der Waals surface area contributed by atoms with E-state index in [-0.39, 0.29) is 24.0 Å². The minimum Gasteiger partial charge on any atom is -0.465 e. The first-order valence-corrected chi connectivity index (χ1v) is 11.1. The fourth-order valence-corrected chi connectivity index (χ4v) is 3.85. The average molecular weight is 510 g/mol. The van der Waals surface area contributed by atoms with Crippen molar-refractivity contribution < 1.29 is 9.84 Å². The minimum absolute atomic E-state index is 0.177. The van der Waals surface area contributed by atoms with Gasteiger partial charge < -0.3 is 14.4 Å². The molecule has 2 aromatic carbocycles. The van der Waals surface area contributed by atoms with E-state index in [4.69, 9.17) is 39.5 Å². The zero-order chi connectivity index (χ0) is 23.7. The Morgan fingerprint density at radius 2 is 1.82 bits per heavy atom. The molecule has 2 N–H and O–H groups in total. The summed E-state index contributed by atoms with van der Waals surface area (Å²) in [6.45, 7) is 0.327. The highest BCUT2D eigenvalue weighted by Gasteiger charge is 2.19. The number of aromatic amines is 1. The number of nitrogens with zero attached hydrogens (tertiary/aromatic N) is 3. The number of aliphatic hydroxyl groups is 1. The van der Waals surface area contributed by atoms with Crippen molar-refractivity contribution in [3.63, 3.8) is 0 Å². The van der Waals surface area contributed by atoms with E-state index in [1.807, 2.05) is 12.1 Å². The van der Waals surface area contributed by atoms with Crippen LogP contribution in [0.3, 0.4) is 0 Å². The van der Waals surface area contributed by atoms with E-state index in [0.717, 1.165) is 5.56 Å². The van der Waals surface area contributed by atoms with Gasteiger partial charge in [-0.1, -0.05) is 46.9 Å². The third-order valence-electron chi connectivity index (χ3n) is 5.12. The van der Waals surface area contributed by atoms with Crippen LogP contribution in [0.1, 0.15) is 17.8 Å². The maximum atomic E-state index is 12.6. The first-order chi connectivity index (χ1) is 15.7. The van der Waals surface area contributed by atoms with Crippen molar-refractivity contribution in [1.29, 1.82) is 0 Å². The molecule has 0 aliphatic carbocycles. The molecular weight excluding hydrogens is 491 g/mol. The summed E-state index contributed by atoms with van der Waals surface area (Å²) in [5.74, 6) is 0.883. The van der Waals surface area contributed by atoms with E-state index in [1.165, 1.54) is 17.7 Å². The van der Waals surface area contributed by atoms with E-state index in [9.17, 15) is 14.7 Å². The van der Waals surface area contributed by atoms with Crippen LogP contribution >= 0.6 is 34.8 Å². The first kappa shape index (κ1) is 23.4. The van der Waals surface area contributed by atoms with Crippen LogP contribution in [0.2, 0.25) is 15.1 Å². The van der Waals surface area contributed by atoms with Gasteiger partial charge in [0.1, 0.15) is 11.6 Å². The summed E-state index contributed by atoms with van der Waals surface area (Å²) >= 11 is 17.9. The summed E-state index contributed by atoms with van der Waals surface area (Å²) in [5, 5.41) is 11.7. The number of H-pyrrole nitrogens is 1. The van der Waals surface area contributed by atoms with Gasteiger partial charge in [0.2, 0.25) is 0 Å². The average Bonchev–Trinajstić information content (AvgIpc) is 3.14. The number of benzene rings is 2. The molecule has 4 rings (SSSR count).